The topological polar surface area (TPSA) is 38.8 Å². The number of likely N-dealkylation sites (N-methyl/N-ethyl adjacent to an activating group) is 1. The van der Waals surface area contributed by atoms with Crippen molar-refractivity contribution >= 4 is 16.7 Å². The van der Waals surface area contributed by atoms with E-state index in [0.29, 0.717) is 13.2 Å². The van der Waals surface area contributed by atoms with Crippen LogP contribution in [0.5, 0.6) is 11.5 Å². The summed E-state index contributed by atoms with van der Waals surface area (Å²) in [4.78, 5) is 14.4. The highest BCUT2D eigenvalue weighted by atomic mass is 19.3. The molecule has 0 aliphatic carbocycles. The van der Waals surface area contributed by atoms with Crippen LogP contribution in [-0.2, 0) is 17.8 Å². The number of nitrogens with zero attached hydrogens (tertiary/aromatic N) is 1. The van der Waals surface area contributed by atoms with Gasteiger partial charge in [0, 0.05) is 13.6 Å². The zero-order chi connectivity index (χ0) is 20.8. The summed E-state index contributed by atoms with van der Waals surface area (Å²) in [6.07, 6.45) is 0.281. The molecule has 0 heterocycles. The first-order valence-electron chi connectivity index (χ1n) is 9.39. The highest BCUT2D eigenvalue weighted by molar-refractivity contribution is 5.90. The summed E-state index contributed by atoms with van der Waals surface area (Å²) in [5.41, 5.74) is 1.74. The van der Waals surface area contributed by atoms with E-state index in [0.717, 1.165) is 21.9 Å². The lowest BCUT2D eigenvalue weighted by Gasteiger charge is -2.19. The first-order valence-corrected chi connectivity index (χ1v) is 9.39. The zero-order valence-electron chi connectivity index (χ0n) is 16.4. The number of fused-ring (bicyclic) bond motifs is 1. The van der Waals surface area contributed by atoms with Gasteiger partial charge in [0.05, 0.1) is 13.0 Å². The first kappa shape index (κ1) is 20.6. The molecule has 0 N–H and O–H groups in total. The molecular formula is C23H23F2NO3. The molecule has 0 unspecified atom stereocenters. The van der Waals surface area contributed by atoms with Crippen LogP contribution >= 0.6 is 0 Å². The van der Waals surface area contributed by atoms with Gasteiger partial charge in [0.15, 0.2) is 11.5 Å². The fraction of sp³-hybridized carbons (Fsp3) is 0.261. The summed E-state index contributed by atoms with van der Waals surface area (Å²) in [5, 5.41) is 2.15. The van der Waals surface area contributed by atoms with Crippen molar-refractivity contribution in [2.75, 3.05) is 13.7 Å². The Morgan fingerprint density at radius 1 is 1.03 bits per heavy atom. The number of ether oxygens (including phenoxy) is 2. The van der Waals surface area contributed by atoms with Crippen molar-refractivity contribution in [2.45, 2.75) is 26.5 Å². The molecule has 6 heteroatoms. The third kappa shape index (κ3) is 5.22. The molecule has 3 rings (SSSR count). The zero-order valence-corrected chi connectivity index (χ0v) is 16.4. The van der Waals surface area contributed by atoms with Gasteiger partial charge in [0.1, 0.15) is 0 Å². The Balaban J connectivity index is 1.72. The number of benzene rings is 3. The number of halogens is 2. The van der Waals surface area contributed by atoms with Gasteiger partial charge in [-0.1, -0.05) is 48.5 Å². The van der Waals surface area contributed by atoms with Crippen molar-refractivity contribution in [3.8, 4) is 11.5 Å². The molecule has 3 aromatic rings. The molecule has 152 valence electrons. The number of amides is 1. The Bertz CT molecular complexity index is 986. The maximum Gasteiger partial charge on any atom is 0.387 e. The van der Waals surface area contributed by atoms with Crippen molar-refractivity contribution in [3.63, 3.8) is 0 Å². The average Bonchev–Trinajstić information content (AvgIpc) is 2.70. The van der Waals surface area contributed by atoms with Crippen LogP contribution in [-0.4, -0.2) is 31.1 Å². The molecule has 29 heavy (non-hydrogen) atoms. The second-order valence-corrected chi connectivity index (χ2v) is 6.66. The number of rotatable bonds is 8. The quantitative estimate of drug-likeness (QED) is 0.533. The predicted molar refractivity (Wildman–Crippen MR) is 108 cm³/mol. The standard InChI is InChI=1S/C23H23F2NO3/c1-3-28-21-13-16(11-12-20(21)29-23(24)25)15-26(2)22(27)14-18-9-6-8-17-7-4-5-10-19(17)18/h4-13,23H,3,14-15H2,1-2H3. The van der Waals surface area contributed by atoms with E-state index in [1.807, 2.05) is 42.5 Å². The van der Waals surface area contributed by atoms with Gasteiger partial charge in [-0.3, -0.25) is 4.79 Å². The van der Waals surface area contributed by atoms with E-state index in [1.54, 1.807) is 31.0 Å². The maximum absolute atomic E-state index is 12.8. The number of carbonyl (C=O) groups is 1. The van der Waals surface area contributed by atoms with Crippen molar-refractivity contribution in [1.82, 2.24) is 4.90 Å². The van der Waals surface area contributed by atoms with Crippen LogP contribution in [0.2, 0.25) is 0 Å². The fourth-order valence-corrected chi connectivity index (χ4v) is 3.22. The van der Waals surface area contributed by atoms with Gasteiger partial charge in [-0.15, -0.1) is 0 Å². The van der Waals surface area contributed by atoms with Gasteiger partial charge in [-0.05, 0) is 41.0 Å². The van der Waals surface area contributed by atoms with Crippen LogP contribution < -0.4 is 9.47 Å². The lowest BCUT2D eigenvalue weighted by atomic mass is 10.0. The van der Waals surface area contributed by atoms with Gasteiger partial charge in [-0.2, -0.15) is 8.78 Å². The average molecular weight is 399 g/mol. The highest BCUT2D eigenvalue weighted by Gasteiger charge is 2.15. The molecule has 0 bridgehead atoms. The summed E-state index contributed by atoms with van der Waals surface area (Å²) in [6.45, 7) is -0.513. The van der Waals surface area contributed by atoms with Crippen molar-refractivity contribution in [2.24, 2.45) is 0 Å². The van der Waals surface area contributed by atoms with Crippen LogP contribution in [0, 0.1) is 0 Å². The molecule has 0 saturated heterocycles. The van der Waals surface area contributed by atoms with Crippen molar-refractivity contribution in [3.05, 3.63) is 71.8 Å². The van der Waals surface area contributed by atoms with Gasteiger partial charge in [-0.25, -0.2) is 0 Å². The molecule has 1 amide bonds. The minimum absolute atomic E-state index is 0.0182. The van der Waals surface area contributed by atoms with Crippen LogP contribution in [0.15, 0.2) is 60.7 Å². The molecule has 0 atom stereocenters. The largest absolute Gasteiger partial charge is 0.490 e. The Hall–Kier alpha value is -3.15. The summed E-state index contributed by atoms with van der Waals surface area (Å²) in [7, 11) is 1.72. The van der Waals surface area contributed by atoms with Gasteiger partial charge in [0.25, 0.3) is 0 Å². The normalized spacial score (nSPS) is 10.9. The van der Waals surface area contributed by atoms with E-state index >= 15 is 0 Å². The van der Waals surface area contributed by atoms with E-state index in [9.17, 15) is 13.6 Å². The monoisotopic (exact) mass is 399 g/mol. The second kappa shape index (κ2) is 9.37. The van der Waals surface area contributed by atoms with E-state index in [2.05, 4.69) is 4.74 Å². The molecule has 0 fully saturated rings. The SMILES string of the molecule is CCOc1cc(CN(C)C(=O)Cc2cccc3ccccc23)ccc1OC(F)F. The Morgan fingerprint density at radius 3 is 2.55 bits per heavy atom. The van der Waals surface area contributed by atoms with Crippen LogP contribution in [0.25, 0.3) is 10.8 Å². The summed E-state index contributed by atoms with van der Waals surface area (Å²) in [6, 6.07) is 18.6. The van der Waals surface area contributed by atoms with E-state index in [-0.39, 0.29) is 23.8 Å². The molecule has 0 aromatic heterocycles. The smallest absolute Gasteiger partial charge is 0.387 e. The Morgan fingerprint density at radius 2 is 1.79 bits per heavy atom. The third-order valence-corrected chi connectivity index (χ3v) is 4.59. The maximum atomic E-state index is 12.8. The number of hydrogen-bond donors (Lipinski definition) is 0. The molecular weight excluding hydrogens is 376 g/mol. The van der Waals surface area contributed by atoms with Gasteiger partial charge < -0.3 is 14.4 Å². The summed E-state index contributed by atoms with van der Waals surface area (Å²) in [5.74, 6) is 0.183. The van der Waals surface area contributed by atoms with E-state index in [4.69, 9.17) is 4.74 Å². The summed E-state index contributed by atoms with van der Waals surface area (Å²) < 4.78 is 35.0. The Labute approximate surface area is 168 Å². The first-order chi connectivity index (χ1) is 14.0. The number of hydrogen-bond acceptors (Lipinski definition) is 3. The minimum atomic E-state index is -2.93. The van der Waals surface area contributed by atoms with Crippen molar-refractivity contribution < 1.29 is 23.0 Å². The number of alkyl halides is 2. The molecule has 0 radical (unpaired) electrons. The molecule has 4 nitrogen and oxygen atoms in total. The minimum Gasteiger partial charge on any atom is -0.490 e. The molecule has 0 aliphatic heterocycles. The molecule has 0 spiro atoms. The lowest BCUT2D eigenvalue weighted by molar-refractivity contribution is -0.129. The van der Waals surface area contributed by atoms with Crippen LogP contribution in [0.3, 0.4) is 0 Å². The van der Waals surface area contributed by atoms with E-state index < -0.39 is 6.61 Å². The summed E-state index contributed by atoms with van der Waals surface area (Å²) >= 11 is 0. The molecule has 0 saturated carbocycles. The molecule has 3 aromatic carbocycles. The van der Waals surface area contributed by atoms with Crippen molar-refractivity contribution in [1.29, 1.82) is 0 Å². The third-order valence-electron chi connectivity index (χ3n) is 4.59. The fourth-order valence-electron chi connectivity index (χ4n) is 3.22. The highest BCUT2D eigenvalue weighted by Crippen LogP contribution is 2.30. The molecule has 0 aliphatic rings. The second-order valence-electron chi connectivity index (χ2n) is 6.66. The number of carbonyl (C=O) groups excluding carboxylic acids is 1. The van der Waals surface area contributed by atoms with E-state index in [1.165, 1.54) is 6.07 Å². The lowest BCUT2D eigenvalue weighted by Crippen LogP contribution is -2.27. The van der Waals surface area contributed by atoms with Crippen LogP contribution in [0.4, 0.5) is 8.78 Å². The van der Waals surface area contributed by atoms with Crippen LogP contribution in [0.1, 0.15) is 18.1 Å². The van der Waals surface area contributed by atoms with Gasteiger partial charge in [0.2, 0.25) is 5.91 Å². The predicted octanol–water partition coefficient (Wildman–Crippen LogP) is 5.04. The van der Waals surface area contributed by atoms with Gasteiger partial charge >= 0.3 is 6.61 Å². The Kier molecular flexibility index (Phi) is 6.65.